The van der Waals surface area contributed by atoms with Crippen LogP contribution in [-0.4, -0.2) is 62.3 Å². The lowest BCUT2D eigenvalue weighted by molar-refractivity contribution is -0.145. The summed E-state index contributed by atoms with van der Waals surface area (Å²) in [6.45, 7) is 8.51. The maximum Gasteiger partial charge on any atom is 0.322 e. The molecule has 1 saturated carbocycles. The van der Waals surface area contributed by atoms with Crippen LogP contribution in [0.5, 0.6) is 5.75 Å². The molecule has 1 fully saturated rings. The summed E-state index contributed by atoms with van der Waals surface area (Å²) < 4.78 is 11.5. The summed E-state index contributed by atoms with van der Waals surface area (Å²) in [6, 6.07) is 7.37. The number of ether oxygens (including phenoxy) is 2. The first-order valence-corrected chi connectivity index (χ1v) is 13.7. The molecular weight excluding hydrogens is 486 g/mol. The van der Waals surface area contributed by atoms with E-state index < -0.39 is 11.4 Å². The predicted molar refractivity (Wildman–Crippen MR) is 146 cm³/mol. The van der Waals surface area contributed by atoms with Crippen LogP contribution in [0.25, 0.3) is 0 Å². The Bertz CT molecular complexity index is 855. The van der Waals surface area contributed by atoms with Gasteiger partial charge in [-0.1, -0.05) is 24.6 Å². The summed E-state index contributed by atoms with van der Waals surface area (Å²) in [4.78, 5) is 30.2. The molecule has 1 aliphatic rings. The van der Waals surface area contributed by atoms with Crippen molar-refractivity contribution in [1.29, 1.82) is 0 Å². The van der Waals surface area contributed by atoms with E-state index in [2.05, 4.69) is 17.0 Å². The number of hydrogen-bond acceptors (Lipinski definition) is 7. The lowest BCUT2D eigenvalue weighted by Crippen LogP contribution is -2.42. The summed E-state index contributed by atoms with van der Waals surface area (Å²) in [6.07, 6.45) is 6.26. The van der Waals surface area contributed by atoms with E-state index in [0.717, 1.165) is 28.5 Å². The Morgan fingerprint density at radius 1 is 1.23 bits per heavy atom. The van der Waals surface area contributed by atoms with E-state index in [1.165, 1.54) is 36.4 Å². The van der Waals surface area contributed by atoms with Crippen molar-refractivity contribution in [3.05, 3.63) is 34.7 Å². The lowest BCUT2D eigenvalue weighted by Gasteiger charge is -2.26. The van der Waals surface area contributed by atoms with Gasteiger partial charge < -0.3 is 19.9 Å². The summed E-state index contributed by atoms with van der Waals surface area (Å²) >= 11 is 2.80. The second-order valence-electron chi connectivity index (χ2n) is 8.98. The van der Waals surface area contributed by atoms with Crippen molar-refractivity contribution in [2.45, 2.75) is 39.5 Å². The number of thioether (sulfide) groups is 2. The molecule has 0 aliphatic heterocycles. The van der Waals surface area contributed by atoms with Crippen LogP contribution in [-0.2, 0) is 9.53 Å². The summed E-state index contributed by atoms with van der Waals surface area (Å²) in [5, 5.41) is 12.3. The minimum atomic E-state index is -0.869. The van der Waals surface area contributed by atoms with E-state index in [-0.39, 0.29) is 6.03 Å². The molecule has 194 valence electrons. The second-order valence-corrected chi connectivity index (χ2v) is 11.3. The van der Waals surface area contributed by atoms with Gasteiger partial charge in [0.15, 0.2) is 0 Å². The van der Waals surface area contributed by atoms with Gasteiger partial charge in [-0.3, -0.25) is 14.7 Å². The number of carboxylic acids is 1. The first-order valence-electron chi connectivity index (χ1n) is 11.7. The number of anilines is 1. The zero-order valence-electron chi connectivity index (χ0n) is 20.8. The van der Waals surface area contributed by atoms with Gasteiger partial charge in [-0.25, -0.2) is 4.79 Å². The lowest BCUT2D eigenvalue weighted by atomic mass is 9.97. The number of aliphatic imine (C=N–C) groups is 1. The SMILES string of the molecule is C=N/C=C(\SCNC(=O)N(CC1CCCC1)c1ccc(OCCOC)cc1)SCC(C)(C)C(=O)O. The molecule has 0 radical (unpaired) electrons. The fourth-order valence-electron chi connectivity index (χ4n) is 3.49. The second kappa shape index (κ2) is 15.1. The highest BCUT2D eigenvalue weighted by Crippen LogP contribution is 2.34. The third-order valence-corrected chi connectivity index (χ3v) is 8.30. The van der Waals surface area contributed by atoms with Gasteiger partial charge >= 0.3 is 12.0 Å². The van der Waals surface area contributed by atoms with Gasteiger partial charge in [0, 0.05) is 31.3 Å². The molecule has 0 atom stereocenters. The molecule has 1 aromatic rings. The van der Waals surface area contributed by atoms with E-state index >= 15 is 0 Å². The van der Waals surface area contributed by atoms with Crippen LogP contribution in [0.15, 0.2) is 39.7 Å². The highest BCUT2D eigenvalue weighted by molar-refractivity contribution is 8.22. The maximum absolute atomic E-state index is 13.2. The van der Waals surface area contributed by atoms with Gasteiger partial charge in [-0.05, 0) is 63.6 Å². The molecule has 0 saturated heterocycles. The van der Waals surface area contributed by atoms with Gasteiger partial charge in [0.05, 0.1) is 22.1 Å². The minimum Gasteiger partial charge on any atom is -0.491 e. The number of carbonyl (C=O) groups excluding carboxylic acids is 1. The molecule has 2 N–H and O–H groups in total. The van der Waals surface area contributed by atoms with Crippen molar-refractivity contribution in [2.75, 3.05) is 43.4 Å². The van der Waals surface area contributed by atoms with Gasteiger partial charge in [0.1, 0.15) is 12.4 Å². The van der Waals surface area contributed by atoms with E-state index in [0.29, 0.717) is 37.3 Å². The Labute approximate surface area is 216 Å². The van der Waals surface area contributed by atoms with Crippen LogP contribution >= 0.6 is 23.5 Å². The Balaban J connectivity index is 1.99. The average Bonchev–Trinajstić information content (AvgIpc) is 3.35. The molecule has 2 amide bonds. The van der Waals surface area contributed by atoms with Crippen LogP contribution in [0.4, 0.5) is 10.5 Å². The highest BCUT2D eigenvalue weighted by atomic mass is 32.2. The summed E-state index contributed by atoms with van der Waals surface area (Å²) in [5.41, 5.74) is -0.0497. The molecule has 8 nitrogen and oxygen atoms in total. The van der Waals surface area contributed by atoms with Crippen molar-refractivity contribution in [1.82, 2.24) is 5.32 Å². The van der Waals surface area contributed by atoms with E-state index in [1.807, 2.05) is 24.3 Å². The summed E-state index contributed by atoms with van der Waals surface area (Å²) in [5.74, 6) is 1.08. The number of carbonyl (C=O) groups is 2. The van der Waals surface area contributed by atoms with Gasteiger partial charge in [0.2, 0.25) is 0 Å². The highest BCUT2D eigenvalue weighted by Gasteiger charge is 2.28. The van der Waals surface area contributed by atoms with Gasteiger partial charge in [-0.2, -0.15) is 0 Å². The number of urea groups is 1. The Morgan fingerprint density at radius 3 is 2.51 bits per heavy atom. The smallest absolute Gasteiger partial charge is 0.322 e. The van der Waals surface area contributed by atoms with Crippen LogP contribution in [0.1, 0.15) is 39.5 Å². The third-order valence-electron chi connectivity index (χ3n) is 5.65. The van der Waals surface area contributed by atoms with Crippen molar-refractivity contribution in [3.8, 4) is 5.75 Å². The van der Waals surface area contributed by atoms with E-state index in [1.54, 1.807) is 32.1 Å². The fourth-order valence-corrected chi connectivity index (χ4v) is 5.44. The molecule has 0 bridgehead atoms. The van der Waals surface area contributed by atoms with Gasteiger partial charge in [-0.15, -0.1) is 11.8 Å². The molecule has 1 aromatic carbocycles. The molecular formula is C25H37N3O5S2. The number of carboxylic acid groups (broad SMARTS) is 1. The standard InChI is InChI=1S/C25H37N3O5S2/c1-25(2,23(29)30)17-34-22(15-26-3)35-18-27-24(31)28(16-19-7-5-6-8-19)20-9-11-21(12-10-20)33-14-13-32-4/h9-12,15,19H,3,5-8,13-14,16-18H2,1-2,4H3,(H,27,31)(H,29,30)/b22-15-. The molecule has 35 heavy (non-hydrogen) atoms. The molecule has 0 heterocycles. The first kappa shape index (κ1) is 29.1. The average molecular weight is 524 g/mol. The Morgan fingerprint density at radius 2 is 1.91 bits per heavy atom. The number of aliphatic carboxylic acids is 1. The Kier molecular flexibility index (Phi) is 12.5. The van der Waals surface area contributed by atoms with Crippen LogP contribution in [0.3, 0.4) is 0 Å². The zero-order valence-corrected chi connectivity index (χ0v) is 22.5. The van der Waals surface area contributed by atoms with Crippen molar-refractivity contribution in [3.63, 3.8) is 0 Å². The van der Waals surface area contributed by atoms with Crippen LogP contribution < -0.4 is 15.0 Å². The van der Waals surface area contributed by atoms with Crippen LogP contribution in [0.2, 0.25) is 0 Å². The largest absolute Gasteiger partial charge is 0.491 e. The number of methoxy groups -OCH3 is 1. The number of rotatable bonds is 15. The zero-order chi connectivity index (χ0) is 25.7. The number of nitrogens with zero attached hydrogens (tertiary/aromatic N) is 2. The number of amides is 2. The van der Waals surface area contributed by atoms with Crippen molar-refractivity contribution >= 4 is 47.9 Å². The Hall–Kier alpha value is -2.17. The van der Waals surface area contributed by atoms with E-state index in [9.17, 15) is 14.7 Å². The maximum atomic E-state index is 13.2. The molecule has 0 aromatic heterocycles. The normalized spacial score (nSPS) is 14.5. The van der Waals surface area contributed by atoms with Crippen molar-refractivity contribution in [2.24, 2.45) is 16.3 Å². The number of benzene rings is 1. The quantitative estimate of drug-likeness (QED) is 0.179. The first-order chi connectivity index (χ1) is 16.8. The molecule has 1 aliphatic carbocycles. The van der Waals surface area contributed by atoms with Crippen LogP contribution in [0, 0.1) is 11.3 Å². The van der Waals surface area contributed by atoms with Crippen molar-refractivity contribution < 1.29 is 24.2 Å². The predicted octanol–water partition coefficient (Wildman–Crippen LogP) is 5.45. The molecule has 10 heteroatoms. The molecule has 0 spiro atoms. The number of hydrogen-bond donors (Lipinski definition) is 2. The number of nitrogens with one attached hydrogen (secondary N) is 1. The minimum absolute atomic E-state index is 0.167. The topological polar surface area (TPSA) is 100 Å². The fraction of sp³-hybridized carbons (Fsp3) is 0.560. The third kappa shape index (κ3) is 10.1. The molecule has 0 unspecified atom stereocenters. The molecule has 2 rings (SSSR count). The van der Waals surface area contributed by atoms with E-state index in [4.69, 9.17) is 9.47 Å². The monoisotopic (exact) mass is 523 g/mol. The summed E-state index contributed by atoms with van der Waals surface area (Å²) in [7, 11) is 1.63. The van der Waals surface area contributed by atoms with Gasteiger partial charge in [0.25, 0.3) is 0 Å².